The average molecular weight is 286 g/mol. The molecule has 0 atom stereocenters. The van der Waals surface area contributed by atoms with Gasteiger partial charge in [0.1, 0.15) is 0 Å². The average Bonchev–Trinajstić information content (AvgIpc) is 2.33. The summed E-state index contributed by atoms with van der Waals surface area (Å²) in [4.78, 5) is 11.3. The van der Waals surface area contributed by atoms with Crippen molar-refractivity contribution in [3.63, 3.8) is 0 Å². The molecule has 1 rings (SSSR count). The van der Waals surface area contributed by atoms with Gasteiger partial charge in [-0.3, -0.25) is 0 Å². The second-order valence-electron chi connectivity index (χ2n) is 4.53. The highest BCUT2D eigenvalue weighted by molar-refractivity contribution is 7.89. The molecular weight excluding hydrogens is 268 g/mol. The van der Waals surface area contributed by atoms with E-state index in [-0.39, 0.29) is 17.4 Å². The van der Waals surface area contributed by atoms with E-state index in [0.717, 1.165) is 5.56 Å². The van der Waals surface area contributed by atoms with E-state index in [1.807, 2.05) is 13.8 Å². The Kier molecular flexibility index (Phi) is 5.31. The fourth-order valence-electron chi connectivity index (χ4n) is 1.26. The molecule has 0 fully saturated rings. The van der Waals surface area contributed by atoms with Gasteiger partial charge in [0.15, 0.2) is 0 Å². The Morgan fingerprint density at radius 3 is 2.37 bits per heavy atom. The largest absolute Gasteiger partial charge is 0.449 e. The van der Waals surface area contributed by atoms with Crippen LogP contribution in [-0.4, -0.2) is 21.1 Å². The van der Waals surface area contributed by atoms with Crippen molar-refractivity contribution in [2.75, 3.05) is 6.61 Å². The maximum atomic E-state index is 11.3. The first kappa shape index (κ1) is 15.5. The van der Waals surface area contributed by atoms with Crippen LogP contribution in [0.25, 0.3) is 0 Å². The summed E-state index contributed by atoms with van der Waals surface area (Å²) >= 11 is 0. The van der Waals surface area contributed by atoms with Crippen molar-refractivity contribution >= 4 is 16.1 Å². The van der Waals surface area contributed by atoms with Crippen LogP contribution in [0.4, 0.5) is 4.79 Å². The summed E-state index contributed by atoms with van der Waals surface area (Å²) in [7, 11) is -3.68. The Hall–Kier alpha value is -1.60. The highest BCUT2D eigenvalue weighted by atomic mass is 32.2. The van der Waals surface area contributed by atoms with E-state index >= 15 is 0 Å². The molecule has 0 heterocycles. The first-order chi connectivity index (χ1) is 8.79. The lowest BCUT2D eigenvalue weighted by atomic mass is 10.2. The number of alkyl carbamates (subject to hydrolysis) is 1. The summed E-state index contributed by atoms with van der Waals surface area (Å²) < 4.78 is 27.0. The van der Waals surface area contributed by atoms with Crippen LogP contribution >= 0.6 is 0 Å². The number of hydrogen-bond donors (Lipinski definition) is 2. The van der Waals surface area contributed by atoms with Crippen LogP contribution in [0.15, 0.2) is 29.2 Å². The van der Waals surface area contributed by atoms with Gasteiger partial charge in [-0.2, -0.15) is 0 Å². The predicted molar refractivity (Wildman–Crippen MR) is 70.8 cm³/mol. The number of nitrogens with two attached hydrogens (primary N) is 1. The second kappa shape index (κ2) is 6.53. The maximum Gasteiger partial charge on any atom is 0.407 e. The third kappa shape index (κ3) is 5.71. The molecule has 106 valence electrons. The molecule has 0 aliphatic rings. The van der Waals surface area contributed by atoms with Crippen molar-refractivity contribution in [2.24, 2.45) is 11.1 Å². The minimum atomic E-state index is -3.68. The van der Waals surface area contributed by atoms with Crippen LogP contribution in [0.5, 0.6) is 0 Å². The van der Waals surface area contributed by atoms with Gasteiger partial charge in [0.05, 0.1) is 11.5 Å². The van der Waals surface area contributed by atoms with Crippen molar-refractivity contribution in [3.8, 4) is 0 Å². The van der Waals surface area contributed by atoms with Gasteiger partial charge in [0.2, 0.25) is 10.0 Å². The third-order valence-corrected chi connectivity index (χ3v) is 3.17. The van der Waals surface area contributed by atoms with Crippen molar-refractivity contribution in [2.45, 2.75) is 25.3 Å². The lowest BCUT2D eigenvalue weighted by Gasteiger charge is -2.09. The van der Waals surface area contributed by atoms with Gasteiger partial charge in [-0.25, -0.2) is 18.4 Å². The standard InChI is InChI=1S/C12H18N2O4S/c1-9(2)8-18-12(15)14-7-10-3-5-11(6-4-10)19(13,16)17/h3-6,9H,7-8H2,1-2H3,(H,14,15)(H2,13,16,17). The zero-order valence-electron chi connectivity index (χ0n) is 10.9. The van der Waals surface area contributed by atoms with E-state index in [2.05, 4.69) is 5.32 Å². The minimum absolute atomic E-state index is 0.0404. The predicted octanol–water partition coefficient (Wildman–Crippen LogP) is 1.22. The summed E-state index contributed by atoms with van der Waals surface area (Å²) in [5, 5.41) is 7.55. The highest BCUT2D eigenvalue weighted by Gasteiger charge is 2.07. The summed E-state index contributed by atoms with van der Waals surface area (Å²) in [6.07, 6.45) is -0.496. The van der Waals surface area contributed by atoms with Gasteiger partial charge in [-0.05, 0) is 23.6 Å². The van der Waals surface area contributed by atoms with E-state index in [9.17, 15) is 13.2 Å². The van der Waals surface area contributed by atoms with Crippen LogP contribution in [0, 0.1) is 5.92 Å². The van der Waals surface area contributed by atoms with Crippen molar-refractivity contribution in [1.29, 1.82) is 0 Å². The van der Waals surface area contributed by atoms with Gasteiger partial charge in [0, 0.05) is 6.54 Å². The van der Waals surface area contributed by atoms with E-state index in [1.54, 1.807) is 12.1 Å². The molecule has 0 radical (unpaired) electrons. The topological polar surface area (TPSA) is 98.5 Å². The number of nitrogens with one attached hydrogen (secondary N) is 1. The van der Waals surface area contributed by atoms with E-state index in [1.165, 1.54) is 12.1 Å². The summed E-state index contributed by atoms with van der Waals surface area (Å²) in [5.74, 6) is 0.278. The number of hydrogen-bond acceptors (Lipinski definition) is 4. The fraction of sp³-hybridized carbons (Fsp3) is 0.417. The van der Waals surface area contributed by atoms with E-state index in [0.29, 0.717) is 6.61 Å². The van der Waals surface area contributed by atoms with Crippen LogP contribution in [0.2, 0.25) is 0 Å². The number of carbonyl (C=O) groups is 1. The quantitative estimate of drug-likeness (QED) is 0.850. The van der Waals surface area contributed by atoms with Crippen LogP contribution < -0.4 is 10.5 Å². The molecule has 0 bridgehead atoms. The Balaban J connectivity index is 2.48. The number of rotatable bonds is 5. The van der Waals surface area contributed by atoms with Crippen molar-refractivity contribution in [1.82, 2.24) is 5.32 Å². The SMILES string of the molecule is CC(C)COC(=O)NCc1ccc(S(N)(=O)=O)cc1. The molecule has 0 aromatic heterocycles. The first-order valence-corrected chi connectivity index (χ1v) is 7.36. The number of sulfonamides is 1. The molecule has 7 heteroatoms. The molecule has 1 amide bonds. The van der Waals surface area contributed by atoms with Gasteiger partial charge in [0.25, 0.3) is 0 Å². The van der Waals surface area contributed by atoms with Crippen LogP contribution in [0.3, 0.4) is 0 Å². The molecule has 0 spiro atoms. The molecule has 0 aliphatic carbocycles. The number of benzene rings is 1. The molecule has 0 aliphatic heterocycles. The molecule has 0 saturated heterocycles. The van der Waals surface area contributed by atoms with Crippen LogP contribution in [-0.2, 0) is 21.3 Å². The Morgan fingerprint density at radius 1 is 1.32 bits per heavy atom. The Bertz CT molecular complexity index is 523. The number of amides is 1. The Labute approximate surface area is 113 Å². The molecular formula is C12H18N2O4S. The molecule has 6 nitrogen and oxygen atoms in total. The van der Waals surface area contributed by atoms with Crippen molar-refractivity contribution < 1.29 is 17.9 Å². The second-order valence-corrected chi connectivity index (χ2v) is 6.10. The summed E-state index contributed by atoms with van der Waals surface area (Å²) in [6.45, 7) is 4.51. The molecule has 0 unspecified atom stereocenters. The zero-order chi connectivity index (χ0) is 14.5. The van der Waals surface area contributed by atoms with Gasteiger partial charge in [-0.15, -0.1) is 0 Å². The zero-order valence-corrected chi connectivity index (χ0v) is 11.7. The van der Waals surface area contributed by atoms with E-state index < -0.39 is 16.1 Å². The lowest BCUT2D eigenvalue weighted by molar-refractivity contribution is 0.132. The molecule has 1 aromatic carbocycles. The van der Waals surface area contributed by atoms with Gasteiger partial charge < -0.3 is 10.1 Å². The van der Waals surface area contributed by atoms with Gasteiger partial charge >= 0.3 is 6.09 Å². The van der Waals surface area contributed by atoms with Gasteiger partial charge in [-0.1, -0.05) is 26.0 Å². The van der Waals surface area contributed by atoms with E-state index in [4.69, 9.17) is 9.88 Å². The smallest absolute Gasteiger partial charge is 0.407 e. The normalized spacial score (nSPS) is 11.4. The highest BCUT2D eigenvalue weighted by Crippen LogP contribution is 2.08. The molecule has 19 heavy (non-hydrogen) atoms. The third-order valence-electron chi connectivity index (χ3n) is 2.24. The Morgan fingerprint density at radius 2 is 1.89 bits per heavy atom. The summed E-state index contributed by atoms with van der Waals surface area (Å²) in [5.41, 5.74) is 0.758. The van der Waals surface area contributed by atoms with Crippen molar-refractivity contribution in [3.05, 3.63) is 29.8 Å². The first-order valence-electron chi connectivity index (χ1n) is 5.81. The minimum Gasteiger partial charge on any atom is -0.449 e. The number of primary sulfonamides is 1. The molecule has 0 saturated carbocycles. The van der Waals surface area contributed by atoms with Crippen LogP contribution in [0.1, 0.15) is 19.4 Å². The monoisotopic (exact) mass is 286 g/mol. The number of carbonyl (C=O) groups excluding carboxylic acids is 1. The number of ether oxygens (including phenoxy) is 1. The molecule has 1 aromatic rings. The molecule has 3 N–H and O–H groups in total. The lowest BCUT2D eigenvalue weighted by Crippen LogP contribution is -2.25. The maximum absolute atomic E-state index is 11.3. The summed E-state index contributed by atoms with van der Waals surface area (Å²) in [6, 6.07) is 5.96. The fourth-order valence-corrected chi connectivity index (χ4v) is 1.78.